The van der Waals surface area contributed by atoms with Crippen molar-refractivity contribution in [3.05, 3.63) is 16.5 Å². The van der Waals surface area contributed by atoms with Gasteiger partial charge in [-0.2, -0.15) is 0 Å². The first kappa shape index (κ1) is 13.1. The van der Waals surface area contributed by atoms with Crippen molar-refractivity contribution in [1.29, 1.82) is 0 Å². The summed E-state index contributed by atoms with van der Waals surface area (Å²) in [4.78, 5) is 12.5. The number of aromatic nitrogens is 4. The number of nitrogens with one attached hydrogen (secondary N) is 2. The summed E-state index contributed by atoms with van der Waals surface area (Å²) in [7, 11) is 0. The zero-order valence-electron chi connectivity index (χ0n) is 10.9. The van der Waals surface area contributed by atoms with Crippen molar-refractivity contribution in [2.75, 3.05) is 11.9 Å². The van der Waals surface area contributed by atoms with Gasteiger partial charge in [0.25, 0.3) is 5.91 Å². The topological polar surface area (TPSA) is 106 Å². The van der Waals surface area contributed by atoms with E-state index in [0.29, 0.717) is 22.9 Å². The van der Waals surface area contributed by atoms with Crippen LogP contribution in [-0.2, 0) is 6.42 Å². The summed E-state index contributed by atoms with van der Waals surface area (Å²) in [6.07, 6.45) is 2.70. The van der Waals surface area contributed by atoms with Crippen LogP contribution in [0.4, 0.5) is 6.01 Å². The Bertz CT molecular complexity index is 604. The molecule has 1 amide bonds. The Balaban J connectivity index is 1.70. The average Bonchev–Trinajstić information content (AvgIpc) is 3.19. The van der Waals surface area contributed by atoms with E-state index in [0.717, 1.165) is 30.9 Å². The standard InChI is InChI=1S/C11H14N6O2S/c1-2-6-8(20-17-14-6)9(18)13-11-16-15-10(19-11)7-4-3-5-12-7/h7,12H,2-5H2,1H3,(H,13,16,18). The van der Waals surface area contributed by atoms with Crippen LogP contribution in [0.25, 0.3) is 0 Å². The molecule has 106 valence electrons. The summed E-state index contributed by atoms with van der Waals surface area (Å²) < 4.78 is 9.24. The molecule has 0 aromatic carbocycles. The summed E-state index contributed by atoms with van der Waals surface area (Å²) in [5, 5.41) is 17.5. The van der Waals surface area contributed by atoms with Crippen LogP contribution < -0.4 is 10.6 Å². The van der Waals surface area contributed by atoms with Crippen molar-refractivity contribution in [1.82, 2.24) is 25.1 Å². The third-order valence-corrected chi connectivity index (χ3v) is 3.88. The van der Waals surface area contributed by atoms with Gasteiger partial charge in [0.05, 0.1) is 11.7 Å². The van der Waals surface area contributed by atoms with Gasteiger partial charge in [0.1, 0.15) is 4.88 Å². The fraction of sp³-hybridized carbons (Fsp3) is 0.545. The number of amides is 1. The third kappa shape index (κ3) is 2.54. The summed E-state index contributed by atoms with van der Waals surface area (Å²) in [5.74, 6) is 0.197. The number of nitrogens with zero attached hydrogens (tertiary/aromatic N) is 4. The molecule has 1 atom stereocenters. The van der Waals surface area contributed by atoms with Gasteiger partial charge in [-0.15, -0.1) is 10.2 Å². The molecule has 8 nitrogen and oxygen atoms in total. The predicted molar refractivity (Wildman–Crippen MR) is 71.5 cm³/mol. The van der Waals surface area contributed by atoms with Crippen molar-refractivity contribution in [3.63, 3.8) is 0 Å². The zero-order chi connectivity index (χ0) is 13.9. The molecule has 9 heteroatoms. The van der Waals surface area contributed by atoms with E-state index in [1.54, 1.807) is 0 Å². The lowest BCUT2D eigenvalue weighted by molar-refractivity contribution is 0.102. The van der Waals surface area contributed by atoms with Crippen molar-refractivity contribution >= 4 is 23.5 Å². The number of anilines is 1. The molecule has 1 fully saturated rings. The second kappa shape index (κ2) is 5.63. The fourth-order valence-corrected chi connectivity index (χ4v) is 2.73. The Labute approximate surface area is 119 Å². The van der Waals surface area contributed by atoms with Gasteiger partial charge in [0.2, 0.25) is 5.89 Å². The highest BCUT2D eigenvalue weighted by atomic mass is 32.1. The number of carbonyl (C=O) groups excluding carboxylic acids is 1. The van der Waals surface area contributed by atoms with Crippen LogP contribution in [0.15, 0.2) is 4.42 Å². The first-order chi connectivity index (χ1) is 9.78. The first-order valence-electron chi connectivity index (χ1n) is 6.47. The fourth-order valence-electron chi connectivity index (χ4n) is 2.09. The summed E-state index contributed by atoms with van der Waals surface area (Å²) in [5.41, 5.74) is 0.671. The van der Waals surface area contributed by atoms with Gasteiger partial charge in [0, 0.05) is 0 Å². The lowest BCUT2D eigenvalue weighted by Crippen LogP contribution is -2.13. The molecule has 2 aromatic heterocycles. The van der Waals surface area contributed by atoms with E-state index in [-0.39, 0.29) is 18.0 Å². The number of rotatable bonds is 4. The maximum atomic E-state index is 12.1. The number of hydrogen-bond acceptors (Lipinski definition) is 8. The molecule has 1 aliphatic rings. The molecular weight excluding hydrogens is 280 g/mol. The highest BCUT2D eigenvalue weighted by Crippen LogP contribution is 2.23. The van der Waals surface area contributed by atoms with Gasteiger partial charge in [-0.1, -0.05) is 16.5 Å². The highest BCUT2D eigenvalue weighted by molar-refractivity contribution is 7.08. The second-order valence-electron chi connectivity index (χ2n) is 4.45. The van der Waals surface area contributed by atoms with Gasteiger partial charge in [-0.25, -0.2) is 0 Å². The van der Waals surface area contributed by atoms with Crippen molar-refractivity contribution in [3.8, 4) is 0 Å². The molecular formula is C11H14N6O2S. The minimum absolute atomic E-state index is 0.0874. The molecule has 0 spiro atoms. The zero-order valence-corrected chi connectivity index (χ0v) is 11.7. The van der Waals surface area contributed by atoms with Crippen LogP contribution in [0.5, 0.6) is 0 Å². The molecule has 1 aliphatic heterocycles. The molecule has 1 saturated heterocycles. The SMILES string of the molecule is CCc1nnsc1C(=O)Nc1nnc(C2CCCN2)o1. The van der Waals surface area contributed by atoms with E-state index in [1.165, 1.54) is 0 Å². The van der Waals surface area contributed by atoms with Crippen LogP contribution in [-0.4, -0.2) is 32.2 Å². The van der Waals surface area contributed by atoms with Gasteiger partial charge in [0.15, 0.2) is 0 Å². The maximum Gasteiger partial charge on any atom is 0.322 e. The van der Waals surface area contributed by atoms with E-state index < -0.39 is 0 Å². The molecule has 0 bridgehead atoms. The highest BCUT2D eigenvalue weighted by Gasteiger charge is 2.23. The average molecular weight is 294 g/mol. The van der Waals surface area contributed by atoms with E-state index in [2.05, 4.69) is 30.4 Å². The first-order valence-corrected chi connectivity index (χ1v) is 7.24. The molecule has 0 aliphatic carbocycles. The van der Waals surface area contributed by atoms with E-state index >= 15 is 0 Å². The number of carbonyl (C=O) groups is 1. The molecule has 2 aromatic rings. The normalized spacial score (nSPS) is 18.4. The molecule has 1 unspecified atom stereocenters. The quantitative estimate of drug-likeness (QED) is 0.871. The third-order valence-electron chi connectivity index (χ3n) is 3.12. The van der Waals surface area contributed by atoms with Crippen LogP contribution in [0, 0.1) is 0 Å². The van der Waals surface area contributed by atoms with Gasteiger partial charge < -0.3 is 9.73 Å². The Kier molecular flexibility index (Phi) is 3.70. The van der Waals surface area contributed by atoms with Crippen molar-refractivity contribution in [2.24, 2.45) is 0 Å². The Morgan fingerprint density at radius 1 is 1.50 bits per heavy atom. The van der Waals surface area contributed by atoms with Crippen molar-refractivity contribution < 1.29 is 9.21 Å². The van der Waals surface area contributed by atoms with E-state index in [4.69, 9.17) is 4.42 Å². The van der Waals surface area contributed by atoms with Gasteiger partial charge in [-0.3, -0.25) is 10.1 Å². The molecule has 3 rings (SSSR count). The lowest BCUT2D eigenvalue weighted by atomic mass is 10.2. The maximum absolute atomic E-state index is 12.1. The summed E-state index contributed by atoms with van der Waals surface area (Å²) >= 11 is 1.06. The smallest absolute Gasteiger partial charge is 0.322 e. The Morgan fingerprint density at radius 2 is 2.40 bits per heavy atom. The van der Waals surface area contributed by atoms with E-state index in [1.807, 2.05) is 6.92 Å². The largest absolute Gasteiger partial charge is 0.406 e. The van der Waals surface area contributed by atoms with Crippen LogP contribution in [0.3, 0.4) is 0 Å². The minimum atomic E-state index is -0.313. The molecule has 3 heterocycles. The van der Waals surface area contributed by atoms with Gasteiger partial charge in [-0.05, 0) is 37.3 Å². The van der Waals surface area contributed by atoms with Gasteiger partial charge >= 0.3 is 6.01 Å². The minimum Gasteiger partial charge on any atom is -0.406 e. The van der Waals surface area contributed by atoms with Crippen LogP contribution in [0.2, 0.25) is 0 Å². The number of hydrogen-bond donors (Lipinski definition) is 2. The van der Waals surface area contributed by atoms with Crippen molar-refractivity contribution in [2.45, 2.75) is 32.2 Å². The molecule has 0 radical (unpaired) electrons. The summed E-state index contributed by atoms with van der Waals surface area (Å²) in [6, 6.07) is 0.193. The monoisotopic (exact) mass is 294 g/mol. The van der Waals surface area contributed by atoms with Crippen LogP contribution in [0.1, 0.15) is 47.1 Å². The van der Waals surface area contributed by atoms with Crippen LogP contribution >= 0.6 is 11.5 Å². The molecule has 2 N–H and O–H groups in total. The lowest BCUT2D eigenvalue weighted by Gasteiger charge is -2.02. The molecule has 20 heavy (non-hydrogen) atoms. The predicted octanol–water partition coefficient (Wildman–Crippen LogP) is 1.16. The Hall–Kier alpha value is -1.87. The Morgan fingerprint density at radius 3 is 3.15 bits per heavy atom. The number of aryl methyl sites for hydroxylation is 1. The second-order valence-corrected chi connectivity index (χ2v) is 5.20. The molecule has 0 saturated carbocycles. The summed E-state index contributed by atoms with van der Waals surface area (Å²) in [6.45, 7) is 2.87. The van der Waals surface area contributed by atoms with E-state index in [9.17, 15) is 4.79 Å².